The Kier molecular flexibility index (Phi) is 6.25. The van der Waals surface area contributed by atoms with Crippen LogP contribution in [0, 0.1) is 23.2 Å². The third kappa shape index (κ3) is 4.31. The van der Waals surface area contributed by atoms with Crippen molar-refractivity contribution in [1.82, 2.24) is 0 Å². The van der Waals surface area contributed by atoms with Gasteiger partial charge in [-0.05, 0) is 104 Å². The van der Waals surface area contributed by atoms with Crippen molar-refractivity contribution < 1.29 is 19.1 Å². The maximum absolute atomic E-state index is 13.4. The van der Waals surface area contributed by atoms with E-state index in [1.54, 1.807) is 25.3 Å². The highest BCUT2D eigenvalue weighted by Gasteiger charge is 2.55. The van der Waals surface area contributed by atoms with Gasteiger partial charge < -0.3 is 9.47 Å². The number of carbonyl (C=O) groups is 2. The van der Waals surface area contributed by atoms with E-state index in [9.17, 15) is 9.59 Å². The van der Waals surface area contributed by atoms with Gasteiger partial charge in [0.25, 0.3) is 5.91 Å². The van der Waals surface area contributed by atoms with Gasteiger partial charge >= 0.3 is 5.97 Å². The zero-order valence-electron chi connectivity index (χ0n) is 19.9. The molecular weight excluding hydrogens is 558 g/mol. The molecule has 5 fully saturated rings. The number of benzene rings is 2. The van der Waals surface area contributed by atoms with Crippen LogP contribution < -0.4 is 14.4 Å². The zero-order valence-corrected chi connectivity index (χ0v) is 23.1. The SMILES string of the molecule is COc1cc(/C=C2\SC(=S)N(c3ccc(Br)cc3)C2=O)ccc1OC(=O)C12CC3CC(CC(C3)C1)C2. The molecule has 0 atom stereocenters. The summed E-state index contributed by atoms with van der Waals surface area (Å²) in [7, 11) is 1.56. The number of carbonyl (C=O) groups excluding carboxylic acids is 2. The lowest BCUT2D eigenvalue weighted by atomic mass is 9.49. The second-order valence-corrected chi connectivity index (χ2v) is 13.1. The van der Waals surface area contributed by atoms with E-state index < -0.39 is 0 Å². The number of hydrogen-bond acceptors (Lipinski definition) is 6. The molecule has 0 aromatic heterocycles. The molecule has 4 aliphatic carbocycles. The number of ether oxygens (including phenoxy) is 2. The van der Waals surface area contributed by atoms with Gasteiger partial charge in [0.2, 0.25) is 0 Å². The van der Waals surface area contributed by atoms with Gasteiger partial charge in [-0.2, -0.15) is 0 Å². The molecule has 5 nitrogen and oxygen atoms in total. The largest absolute Gasteiger partial charge is 0.493 e. The molecule has 0 radical (unpaired) electrons. The first-order valence-corrected chi connectivity index (χ1v) is 14.3. The second-order valence-electron chi connectivity index (χ2n) is 10.5. The van der Waals surface area contributed by atoms with E-state index in [1.165, 1.54) is 35.9 Å². The Morgan fingerprint density at radius 1 is 1.06 bits per heavy atom. The molecule has 36 heavy (non-hydrogen) atoms. The predicted octanol–water partition coefficient (Wildman–Crippen LogP) is 6.99. The number of rotatable bonds is 5. The van der Waals surface area contributed by atoms with Gasteiger partial charge in [-0.3, -0.25) is 14.5 Å². The first-order chi connectivity index (χ1) is 17.3. The second kappa shape index (κ2) is 9.30. The molecule has 0 N–H and O–H groups in total. The quantitative estimate of drug-likeness (QED) is 0.164. The van der Waals surface area contributed by atoms with Gasteiger partial charge in [-0.15, -0.1) is 0 Å². The highest BCUT2D eigenvalue weighted by atomic mass is 79.9. The van der Waals surface area contributed by atoms with Crippen LogP contribution in [-0.2, 0) is 9.59 Å². The third-order valence-corrected chi connectivity index (χ3v) is 9.87. The van der Waals surface area contributed by atoms with Crippen LogP contribution in [0.3, 0.4) is 0 Å². The molecule has 1 heterocycles. The number of anilines is 1. The summed E-state index contributed by atoms with van der Waals surface area (Å²) in [4.78, 5) is 28.6. The Labute approximate surface area is 228 Å². The van der Waals surface area contributed by atoms with Gasteiger partial charge in [-0.25, -0.2) is 0 Å². The van der Waals surface area contributed by atoms with Crippen LogP contribution >= 0.6 is 39.9 Å². The van der Waals surface area contributed by atoms with E-state index in [-0.39, 0.29) is 17.3 Å². The summed E-state index contributed by atoms with van der Waals surface area (Å²) in [5.74, 6) is 2.65. The molecule has 4 bridgehead atoms. The van der Waals surface area contributed by atoms with E-state index in [1.807, 2.05) is 30.3 Å². The molecular formula is C28H26BrNO4S2. The van der Waals surface area contributed by atoms with Crippen LogP contribution in [0.15, 0.2) is 51.8 Å². The normalized spacial score (nSPS) is 29.8. The number of esters is 1. The van der Waals surface area contributed by atoms with Gasteiger partial charge in [0.15, 0.2) is 15.8 Å². The van der Waals surface area contributed by atoms with Crippen molar-refractivity contribution in [3.63, 3.8) is 0 Å². The van der Waals surface area contributed by atoms with Crippen molar-refractivity contribution in [1.29, 1.82) is 0 Å². The first kappa shape index (κ1) is 24.2. The van der Waals surface area contributed by atoms with Crippen molar-refractivity contribution >= 4 is 67.9 Å². The van der Waals surface area contributed by atoms with Crippen LogP contribution in [0.1, 0.15) is 44.1 Å². The van der Waals surface area contributed by atoms with Crippen LogP contribution in [0.25, 0.3) is 6.08 Å². The standard InChI is InChI=1S/C28H26BrNO4S2/c1-33-23-11-16(12-24-25(31)30(27(35)36-24)21-5-3-20(29)4-6-21)2-7-22(23)34-26(32)28-13-17-8-18(14-28)10-19(9-17)15-28/h2-7,11-12,17-19H,8-10,13-15H2,1H3/b24-12-. The van der Waals surface area contributed by atoms with E-state index in [0.29, 0.717) is 38.5 Å². The average Bonchev–Trinajstić information content (AvgIpc) is 3.12. The summed E-state index contributed by atoms with van der Waals surface area (Å²) >= 11 is 10.2. The average molecular weight is 585 g/mol. The minimum Gasteiger partial charge on any atom is -0.493 e. The van der Waals surface area contributed by atoms with E-state index >= 15 is 0 Å². The maximum Gasteiger partial charge on any atom is 0.317 e. The molecule has 2 aromatic carbocycles. The molecule has 7 rings (SSSR count). The highest BCUT2D eigenvalue weighted by molar-refractivity contribution is 9.10. The highest BCUT2D eigenvalue weighted by Crippen LogP contribution is 2.60. The van der Waals surface area contributed by atoms with Crippen molar-refractivity contribution in [3.05, 3.63) is 57.4 Å². The lowest BCUT2D eigenvalue weighted by Crippen LogP contribution is -2.51. The van der Waals surface area contributed by atoms with Gasteiger partial charge in [0.05, 0.1) is 23.1 Å². The van der Waals surface area contributed by atoms with Crippen LogP contribution in [0.5, 0.6) is 11.5 Å². The van der Waals surface area contributed by atoms with Gasteiger partial charge in [0.1, 0.15) is 0 Å². The molecule has 8 heteroatoms. The molecule has 1 aliphatic heterocycles. The fourth-order valence-electron chi connectivity index (χ4n) is 6.86. The van der Waals surface area contributed by atoms with Crippen LogP contribution in [0.2, 0.25) is 0 Å². The van der Waals surface area contributed by atoms with Crippen molar-refractivity contribution in [2.24, 2.45) is 23.2 Å². The van der Waals surface area contributed by atoms with E-state index in [2.05, 4.69) is 15.9 Å². The van der Waals surface area contributed by atoms with Crippen molar-refractivity contribution in [2.75, 3.05) is 12.0 Å². The Morgan fingerprint density at radius 2 is 1.69 bits per heavy atom. The van der Waals surface area contributed by atoms with Gasteiger partial charge in [-0.1, -0.05) is 46.0 Å². The maximum atomic E-state index is 13.4. The lowest BCUT2D eigenvalue weighted by molar-refractivity contribution is -0.161. The molecule has 186 valence electrons. The number of hydrogen-bond donors (Lipinski definition) is 0. The summed E-state index contributed by atoms with van der Waals surface area (Å²) in [6.45, 7) is 0. The number of amides is 1. The minimum absolute atomic E-state index is 0.108. The van der Waals surface area contributed by atoms with Crippen molar-refractivity contribution in [2.45, 2.75) is 38.5 Å². The molecule has 0 unspecified atom stereocenters. The Bertz CT molecular complexity index is 1250. The molecule has 1 amide bonds. The fraction of sp³-hybridized carbons (Fsp3) is 0.393. The summed E-state index contributed by atoms with van der Waals surface area (Å²) in [5, 5.41) is 0. The number of thioether (sulfide) groups is 1. The summed E-state index contributed by atoms with van der Waals surface area (Å²) in [6, 6.07) is 12.9. The first-order valence-electron chi connectivity index (χ1n) is 12.3. The zero-order chi connectivity index (χ0) is 25.0. The fourth-order valence-corrected chi connectivity index (χ4v) is 8.42. The topological polar surface area (TPSA) is 55.8 Å². The molecule has 2 aromatic rings. The third-order valence-electron chi connectivity index (χ3n) is 8.04. The summed E-state index contributed by atoms with van der Waals surface area (Å²) in [6.07, 6.45) is 8.50. The van der Waals surface area contributed by atoms with E-state index in [4.69, 9.17) is 21.7 Å². The predicted molar refractivity (Wildman–Crippen MR) is 149 cm³/mol. The minimum atomic E-state index is -0.334. The van der Waals surface area contributed by atoms with Crippen molar-refractivity contribution in [3.8, 4) is 11.5 Å². The number of thiocarbonyl (C=S) groups is 1. The molecule has 5 aliphatic rings. The molecule has 0 spiro atoms. The Morgan fingerprint density at radius 3 is 2.31 bits per heavy atom. The number of nitrogens with zero attached hydrogens (tertiary/aromatic N) is 1. The summed E-state index contributed by atoms with van der Waals surface area (Å²) < 4.78 is 13.0. The monoisotopic (exact) mass is 583 g/mol. The van der Waals surface area contributed by atoms with Crippen LogP contribution in [-0.4, -0.2) is 23.3 Å². The molecule has 1 saturated heterocycles. The Balaban J connectivity index is 1.21. The number of halogens is 1. The van der Waals surface area contributed by atoms with Gasteiger partial charge in [0, 0.05) is 4.47 Å². The lowest BCUT2D eigenvalue weighted by Gasteiger charge is -2.55. The van der Waals surface area contributed by atoms with Crippen LogP contribution in [0.4, 0.5) is 5.69 Å². The Hall–Kier alpha value is -2.16. The summed E-state index contributed by atoms with van der Waals surface area (Å²) in [5.41, 5.74) is 1.17. The van der Waals surface area contributed by atoms with E-state index in [0.717, 1.165) is 35.0 Å². The smallest absolute Gasteiger partial charge is 0.317 e. The molecule has 4 saturated carbocycles. The number of methoxy groups -OCH3 is 1.